The van der Waals surface area contributed by atoms with Gasteiger partial charge in [0.05, 0.1) is 24.7 Å². The van der Waals surface area contributed by atoms with E-state index in [1.807, 2.05) is 30.3 Å². The second-order valence-corrected chi connectivity index (χ2v) is 6.45. The van der Waals surface area contributed by atoms with Gasteiger partial charge in [-0.3, -0.25) is 4.79 Å². The molecule has 0 aliphatic rings. The summed E-state index contributed by atoms with van der Waals surface area (Å²) >= 11 is 0. The molecule has 0 atom stereocenters. The van der Waals surface area contributed by atoms with Crippen LogP contribution in [-0.4, -0.2) is 57.6 Å². The molecule has 3 aromatic heterocycles. The molecule has 0 bridgehead atoms. The van der Waals surface area contributed by atoms with Crippen molar-refractivity contribution in [2.24, 2.45) is 0 Å². The maximum Gasteiger partial charge on any atom is 0.273 e. The van der Waals surface area contributed by atoms with Crippen molar-refractivity contribution in [3.8, 4) is 11.3 Å². The molecule has 4 aromatic rings. The minimum absolute atomic E-state index is 0.228. The van der Waals surface area contributed by atoms with Gasteiger partial charge in [0.25, 0.3) is 5.91 Å². The van der Waals surface area contributed by atoms with Crippen molar-refractivity contribution < 1.29 is 14.1 Å². The van der Waals surface area contributed by atoms with Gasteiger partial charge >= 0.3 is 0 Å². The van der Waals surface area contributed by atoms with Crippen molar-refractivity contribution in [3.05, 3.63) is 54.6 Å². The van der Waals surface area contributed by atoms with Crippen molar-refractivity contribution in [1.82, 2.24) is 30.2 Å². The Morgan fingerprint density at radius 3 is 2.90 bits per heavy atom. The molecule has 1 amide bonds. The average Bonchev–Trinajstić information content (AvgIpc) is 3.43. The molecule has 0 aliphatic carbocycles. The monoisotopic (exact) mass is 407 g/mol. The molecule has 154 valence electrons. The van der Waals surface area contributed by atoms with Crippen molar-refractivity contribution in [2.45, 2.75) is 6.54 Å². The molecule has 4 rings (SSSR count). The fourth-order valence-corrected chi connectivity index (χ4v) is 2.96. The van der Waals surface area contributed by atoms with Crippen molar-refractivity contribution in [3.63, 3.8) is 0 Å². The van der Waals surface area contributed by atoms with E-state index in [0.717, 1.165) is 10.9 Å². The van der Waals surface area contributed by atoms with Crippen LogP contribution in [0.2, 0.25) is 0 Å². The Bertz CT molecular complexity index is 1120. The largest absolute Gasteiger partial charge is 0.383 e. The van der Waals surface area contributed by atoms with Crippen LogP contribution >= 0.6 is 0 Å². The molecule has 10 nitrogen and oxygen atoms in total. The molecule has 3 heterocycles. The van der Waals surface area contributed by atoms with Crippen LogP contribution in [0.25, 0.3) is 22.4 Å². The normalized spacial score (nSPS) is 11.0. The molecular weight excluding hydrogens is 386 g/mol. The highest BCUT2D eigenvalue weighted by Gasteiger charge is 2.14. The predicted molar refractivity (Wildman–Crippen MR) is 110 cm³/mol. The Labute approximate surface area is 172 Å². The van der Waals surface area contributed by atoms with Crippen molar-refractivity contribution in [2.75, 3.05) is 32.1 Å². The summed E-state index contributed by atoms with van der Waals surface area (Å²) in [7, 11) is 1.64. The highest BCUT2D eigenvalue weighted by atomic mass is 16.5. The maximum absolute atomic E-state index is 12.4. The Balaban J connectivity index is 1.36. The van der Waals surface area contributed by atoms with E-state index in [9.17, 15) is 4.79 Å². The maximum atomic E-state index is 12.4. The van der Waals surface area contributed by atoms with Gasteiger partial charge in [0.1, 0.15) is 12.1 Å². The number of benzene rings is 1. The van der Waals surface area contributed by atoms with E-state index >= 15 is 0 Å². The first-order chi connectivity index (χ1) is 14.8. The first kappa shape index (κ1) is 19.5. The summed E-state index contributed by atoms with van der Waals surface area (Å²) in [5, 5.41) is 15.0. The van der Waals surface area contributed by atoms with Gasteiger partial charge in [-0.2, -0.15) is 5.10 Å². The van der Waals surface area contributed by atoms with E-state index in [1.165, 1.54) is 6.33 Å². The lowest BCUT2D eigenvalue weighted by atomic mass is 10.1. The van der Waals surface area contributed by atoms with Crippen LogP contribution in [0.4, 0.5) is 5.82 Å². The Hall–Kier alpha value is -3.79. The summed E-state index contributed by atoms with van der Waals surface area (Å²) in [5.41, 5.74) is 1.78. The number of anilines is 1. The first-order valence-corrected chi connectivity index (χ1v) is 9.46. The van der Waals surface area contributed by atoms with Gasteiger partial charge in [0, 0.05) is 31.8 Å². The van der Waals surface area contributed by atoms with Gasteiger partial charge in [-0.05, 0) is 0 Å². The van der Waals surface area contributed by atoms with Gasteiger partial charge in [0.15, 0.2) is 17.1 Å². The van der Waals surface area contributed by atoms with Crippen LogP contribution in [0.1, 0.15) is 10.5 Å². The van der Waals surface area contributed by atoms with Crippen LogP contribution in [0.5, 0.6) is 0 Å². The zero-order valence-electron chi connectivity index (χ0n) is 16.4. The number of hydrogen-bond donors (Lipinski definition) is 2. The predicted octanol–water partition coefficient (Wildman–Crippen LogP) is 1.97. The zero-order chi connectivity index (χ0) is 20.8. The van der Waals surface area contributed by atoms with E-state index < -0.39 is 0 Å². The van der Waals surface area contributed by atoms with Crippen LogP contribution in [0.3, 0.4) is 0 Å². The summed E-state index contributed by atoms with van der Waals surface area (Å²) in [5.74, 6) is 0.932. The summed E-state index contributed by atoms with van der Waals surface area (Å²) < 4.78 is 12.0. The van der Waals surface area contributed by atoms with Gasteiger partial charge in [-0.15, -0.1) is 0 Å². The third-order valence-corrected chi connectivity index (χ3v) is 4.44. The molecule has 0 aliphatic heterocycles. The Kier molecular flexibility index (Phi) is 5.95. The number of fused-ring (bicyclic) bond motifs is 1. The highest BCUT2D eigenvalue weighted by molar-refractivity contribution is 5.93. The lowest BCUT2D eigenvalue weighted by Gasteiger charge is -2.06. The quantitative estimate of drug-likeness (QED) is 0.404. The van der Waals surface area contributed by atoms with Crippen LogP contribution in [-0.2, 0) is 11.3 Å². The number of carbonyl (C=O) groups is 1. The zero-order valence-corrected chi connectivity index (χ0v) is 16.4. The van der Waals surface area contributed by atoms with Crippen molar-refractivity contribution in [1.29, 1.82) is 0 Å². The smallest absolute Gasteiger partial charge is 0.273 e. The molecule has 0 unspecified atom stereocenters. The SMILES string of the molecule is COCCNc1ncnc2c1cnn2CCNC(=O)c1cc(-c2ccccc2)on1. The molecule has 0 fully saturated rings. The molecule has 1 aromatic carbocycles. The number of ether oxygens (including phenoxy) is 1. The van der Waals surface area contributed by atoms with E-state index in [-0.39, 0.29) is 11.6 Å². The van der Waals surface area contributed by atoms with E-state index in [2.05, 4.69) is 30.9 Å². The van der Waals surface area contributed by atoms with Gasteiger partial charge in [-0.25, -0.2) is 14.6 Å². The molecule has 10 heteroatoms. The number of rotatable bonds is 9. The van der Waals surface area contributed by atoms with Gasteiger partial charge in [0.2, 0.25) is 0 Å². The summed E-state index contributed by atoms with van der Waals surface area (Å²) in [6.45, 7) is 2.01. The third-order valence-electron chi connectivity index (χ3n) is 4.44. The van der Waals surface area contributed by atoms with Crippen LogP contribution in [0.15, 0.2) is 53.4 Å². The number of methoxy groups -OCH3 is 1. The Morgan fingerprint density at radius 1 is 1.20 bits per heavy atom. The Morgan fingerprint density at radius 2 is 2.07 bits per heavy atom. The van der Waals surface area contributed by atoms with Gasteiger partial charge in [-0.1, -0.05) is 35.5 Å². The van der Waals surface area contributed by atoms with E-state index in [0.29, 0.717) is 43.5 Å². The topological polar surface area (TPSA) is 120 Å². The number of aromatic nitrogens is 5. The molecule has 2 N–H and O–H groups in total. The van der Waals surface area contributed by atoms with Crippen LogP contribution in [0, 0.1) is 0 Å². The van der Waals surface area contributed by atoms with Gasteiger partial charge < -0.3 is 19.9 Å². The van der Waals surface area contributed by atoms with Crippen LogP contribution < -0.4 is 10.6 Å². The average molecular weight is 407 g/mol. The number of hydrogen-bond acceptors (Lipinski definition) is 8. The van der Waals surface area contributed by atoms with E-state index in [1.54, 1.807) is 24.1 Å². The molecule has 0 saturated heterocycles. The third kappa shape index (κ3) is 4.28. The summed E-state index contributed by atoms with van der Waals surface area (Å²) in [6, 6.07) is 11.1. The summed E-state index contributed by atoms with van der Waals surface area (Å²) in [4.78, 5) is 20.9. The molecule has 30 heavy (non-hydrogen) atoms. The summed E-state index contributed by atoms with van der Waals surface area (Å²) in [6.07, 6.45) is 3.19. The number of carbonyl (C=O) groups excluding carboxylic acids is 1. The molecule has 0 radical (unpaired) electrons. The lowest BCUT2D eigenvalue weighted by Crippen LogP contribution is -2.27. The minimum Gasteiger partial charge on any atom is -0.383 e. The lowest BCUT2D eigenvalue weighted by molar-refractivity contribution is 0.0943. The number of nitrogens with one attached hydrogen (secondary N) is 2. The molecular formula is C20H21N7O3. The molecule has 0 spiro atoms. The minimum atomic E-state index is -0.311. The van der Waals surface area contributed by atoms with Crippen molar-refractivity contribution >= 4 is 22.8 Å². The first-order valence-electron chi connectivity index (χ1n) is 9.46. The molecule has 0 saturated carbocycles. The van der Waals surface area contributed by atoms with E-state index in [4.69, 9.17) is 9.26 Å². The standard InChI is InChI=1S/C20H21N7O3/c1-29-10-8-21-18-15-12-25-27(19(15)24-13-23-18)9-7-22-20(28)16-11-17(30-26-16)14-5-3-2-4-6-14/h2-6,11-13H,7-10H2,1H3,(H,22,28)(H,21,23,24). The second kappa shape index (κ2) is 9.14. The number of amides is 1. The highest BCUT2D eigenvalue weighted by Crippen LogP contribution is 2.20. The second-order valence-electron chi connectivity index (χ2n) is 6.45. The number of nitrogens with zero attached hydrogens (tertiary/aromatic N) is 5. The fraction of sp³-hybridized carbons (Fsp3) is 0.250. The fourth-order valence-electron chi connectivity index (χ4n) is 2.96.